The van der Waals surface area contributed by atoms with Gasteiger partial charge in [0, 0.05) is 11.8 Å². The van der Waals surface area contributed by atoms with Gasteiger partial charge >= 0.3 is 0 Å². The Hall–Kier alpha value is -2.62. The van der Waals surface area contributed by atoms with Crippen LogP contribution >= 0.6 is 0 Å². The predicted molar refractivity (Wildman–Crippen MR) is 80.9 cm³/mol. The second-order valence-corrected chi connectivity index (χ2v) is 4.79. The van der Waals surface area contributed by atoms with Crippen molar-refractivity contribution in [3.05, 3.63) is 66.0 Å². The molecule has 0 fully saturated rings. The summed E-state index contributed by atoms with van der Waals surface area (Å²) in [6.45, 7) is 2.74. The van der Waals surface area contributed by atoms with Crippen molar-refractivity contribution in [2.24, 2.45) is 0 Å². The van der Waals surface area contributed by atoms with E-state index >= 15 is 0 Å². The van der Waals surface area contributed by atoms with Gasteiger partial charge in [-0.2, -0.15) is 5.10 Å². The van der Waals surface area contributed by atoms with E-state index in [-0.39, 0.29) is 5.78 Å². The number of ketones is 1. The van der Waals surface area contributed by atoms with Crippen molar-refractivity contribution in [2.75, 3.05) is 6.61 Å². The van der Waals surface area contributed by atoms with Crippen LogP contribution in [0.25, 0.3) is 5.52 Å². The molecule has 4 heteroatoms. The van der Waals surface area contributed by atoms with Crippen molar-refractivity contribution in [2.45, 2.75) is 13.3 Å². The molecule has 4 nitrogen and oxygen atoms in total. The largest absolute Gasteiger partial charge is 0.494 e. The van der Waals surface area contributed by atoms with E-state index in [1.165, 1.54) is 0 Å². The van der Waals surface area contributed by atoms with Crippen LogP contribution in [-0.4, -0.2) is 22.0 Å². The van der Waals surface area contributed by atoms with E-state index in [1.54, 1.807) is 22.8 Å². The minimum absolute atomic E-state index is 0.0294. The molecule has 0 aliphatic rings. The maximum Gasteiger partial charge on any atom is 0.196 e. The normalized spacial score (nSPS) is 10.7. The molecule has 0 unspecified atom stereocenters. The third-order valence-corrected chi connectivity index (χ3v) is 3.26. The smallest absolute Gasteiger partial charge is 0.196 e. The number of fused-ring (bicyclic) bond motifs is 1. The summed E-state index contributed by atoms with van der Waals surface area (Å²) < 4.78 is 7.22. The quantitative estimate of drug-likeness (QED) is 0.673. The van der Waals surface area contributed by atoms with Gasteiger partial charge in [-0.15, -0.1) is 0 Å². The van der Waals surface area contributed by atoms with Crippen LogP contribution in [0.5, 0.6) is 5.75 Å². The van der Waals surface area contributed by atoms with E-state index in [1.807, 2.05) is 36.5 Å². The van der Waals surface area contributed by atoms with Crippen LogP contribution in [0.4, 0.5) is 0 Å². The number of hydrogen-bond donors (Lipinski definition) is 0. The highest BCUT2D eigenvalue weighted by Gasteiger charge is 2.14. The van der Waals surface area contributed by atoms with Crippen LogP contribution in [0.1, 0.15) is 29.3 Å². The van der Waals surface area contributed by atoms with E-state index in [2.05, 4.69) is 12.0 Å². The number of benzene rings is 1. The van der Waals surface area contributed by atoms with Crippen molar-refractivity contribution in [3.8, 4) is 5.75 Å². The Morgan fingerprint density at radius 3 is 2.76 bits per heavy atom. The molecule has 2 aromatic heterocycles. The maximum absolute atomic E-state index is 12.6. The maximum atomic E-state index is 12.6. The minimum Gasteiger partial charge on any atom is -0.494 e. The lowest BCUT2D eigenvalue weighted by Crippen LogP contribution is -2.01. The zero-order valence-electron chi connectivity index (χ0n) is 11.8. The minimum atomic E-state index is -0.0294. The zero-order valence-corrected chi connectivity index (χ0v) is 11.8. The summed E-state index contributed by atoms with van der Waals surface area (Å²) in [5.74, 6) is 0.756. The average molecular weight is 280 g/mol. The van der Waals surface area contributed by atoms with Gasteiger partial charge in [0.05, 0.1) is 23.9 Å². The van der Waals surface area contributed by atoms with Crippen LogP contribution in [-0.2, 0) is 0 Å². The van der Waals surface area contributed by atoms with Crippen molar-refractivity contribution < 1.29 is 9.53 Å². The second-order valence-electron chi connectivity index (χ2n) is 4.79. The number of hydrogen-bond acceptors (Lipinski definition) is 3. The zero-order chi connectivity index (χ0) is 14.7. The first-order chi connectivity index (χ1) is 10.3. The van der Waals surface area contributed by atoms with Crippen LogP contribution < -0.4 is 4.74 Å². The Morgan fingerprint density at radius 2 is 2.00 bits per heavy atom. The van der Waals surface area contributed by atoms with Gasteiger partial charge in [0.1, 0.15) is 5.75 Å². The molecule has 1 aromatic carbocycles. The van der Waals surface area contributed by atoms with Gasteiger partial charge < -0.3 is 4.74 Å². The Bertz CT molecular complexity index is 760. The molecule has 0 spiro atoms. The standard InChI is InChI=1S/C17H16N2O2/c1-2-11-21-14-8-6-13(7-9-14)17(20)15-12-18-19-10-4-3-5-16(15)19/h3-10,12H,2,11H2,1H3. The number of carbonyl (C=O) groups excluding carboxylic acids is 1. The summed E-state index contributed by atoms with van der Waals surface area (Å²) in [5.41, 5.74) is 2.06. The lowest BCUT2D eigenvalue weighted by molar-refractivity contribution is 0.104. The lowest BCUT2D eigenvalue weighted by atomic mass is 10.0. The Kier molecular flexibility index (Phi) is 3.69. The van der Waals surface area contributed by atoms with E-state index in [0.29, 0.717) is 17.7 Å². The molecule has 0 amide bonds. The monoisotopic (exact) mass is 280 g/mol. The summed E-state index contributed by atoms with van der Waals surface area (Å²) >= 11 is 0. The molecule has 0 aliphatic carbocycles. The number of aromatic nitrogens is 2. The van der Waals surface area contributed by atoms with Gasteiger partial charge in [0.15, 0.2) is 5.78 Å². The van der Waals surface area contributed by atoms with Crippen molar-refractivity contribution in [1.29, 1.82) is 0 Å². The lowest BCUT2D eigenvalue weighted by Gasteiger charge is -2.05. The molecule has 0 aliphatic heterocycles. The van der Waals surface area contributed by atoms with Crippen molar-refractivity contribution in [3.63, 3.8) is 0 Å². The molecule has 0 bridgehead atoms. The first-order valence-electron chi connectivity index (χ1n) is 6.99. The van der Waals surface area contributed by atoms with Crippen LogP contribution in [0, 0.1) is 0 Å². The van der Waals surface area contributed by atoms with Crippen LogP contribution in [0.15, 0.2) is 54.9 Å². The summed E-state index contributed by atoms with van der Waals surface area (Å²) in [4.78, 5) is 12.6. The Labute approximate surface area is 123 Å². The van der Waals surface area contributed by atoms with Gasteiger partial charge in [-0.1, -0.05) is 13.0 Å². The fourth-order valence-electron chi connectivity index (χ4n) is 2.19. The number of carbonyl (C=O) groups is 1. The molecule has 0 N–H and O–H groups in total. The highest BCUT2D eigenvalue weighted by atomic mass is 16.5. The molecule has 21 heavy (non-hydrogen) atoms. The fraction of sp³-hybridized carbons (Fsp3) is 0.176. The topological polar surface area (TPSA) is 43.6 Å². The number of pyridine rings is 1. The highest BCUT2D eigenvalue weighted by Crippen LogP contribution is 2.18. The number of nitrogens with zero attached hydrogens (tertiary/aromatic N) is 2. The van der Waals surface area contributed by atoms with Gasteiger partial charge in [-0.05, 0) is 42.8 Å². The molecule has 3 aromatic rings. The van der Waals surface area contributed by atoms with E-state index in [4.69, 9.17) is 4.74 Å². The summed E-state index contributed by atoms with van der Waals surface area (Å²) in [5, 5.41) is 4.19. The Morgan fingerprint density at radius 1 is 1.19 bits per heavy atom. The Balaban J connectivity index is 1.88. The third-order valence-electron chi connectivity index (χ3n) is 3.26. The molecule has 0 atom stereocenters. The van der Waals surface area contributed by atoms with E-state index < -0.39 is 0 Å². The van der Waals surface area contributed by atoms with E-state index in [0.717, 1.165) is 17.7 Å². The van der Waals surface area contributed by atoms with Gasteiger partial charge in [0.25, 0.3) is 0 Å². The summed E-state index contributed by atoms with van der Waals surface area (Å²) in [6, 6.07) is 12.9. The first-order valence-corrected chi connectivity index (χ1v) is 6.99. The van der Waals surface area contributed by atoms with E-state index in [9.17, 15) is 4.79 Å². The first kappa shape index (κ1) is 13.4. The highest BCUT2D eigenvalue weighted by molar-refractivity contribution is 6.13. The molecule has 2 heterocycles. The van der Waals surface area contributed by atoms with Gasteiger partial charge in [-0.25, -0.2) is 4.52 Å². The number of ether oxygens (including phenoxy) is 1. The van der Waals surface area contributed by atoms with Crippen LogP contribution in [0.3, 0.4) is 0 Å². The average Bonchev–Trinajstić information content (AvgIpc) is 2.97. The van der Waals surface area contributed by atoms with Crippen molar-refractivity contribution >= 4 is 11.3 Å². The predicted octanol–water partition coefficient (Wildman–Crippen LogP) is 3.35. The van der Waals surface area contributed by atoms with Crippen molar-refractivity contribution in [1.82, 2.24) is 9.61 Å². The number of rotatable bonds is 5. The molecule has 0 saturated heterocycles. The second kappa shape index (κ2) is 5.79. The van der Waals surface area contributed by atoms with Gasteiger partial charge in [-0.3, -0.25) is 4.79 Å². The SMILES string of the molecule is CCCOc1ccc(C(=O)c2cnn3ccccc23)cc1. The third kappa shape index (κ3) is 2.65. The molecular formula is C17H16N2O2. The molecule has 0 radical (unpaired) electrons. The molecule has 106 valence electrons. The molecule has 3 rings (SSSR count). The molecule has 0 saturated carbocycles. The summed E-state index contributed by atoms with van der Waals surface area (Å²) in [6.07, 6.45) is 4.40. The van der Waals surface area contributed by atoms with Gasteiger partial charge in [0.2, 0.25) is 0 Å². The van der Waals surface area contributed by atoms with Crippen LogP contribution in [0.2, 0.25) is 0 Å². The molecular weight excluding hydrogens is 264 g/mol. The summed E-state index contributed by atoms with van der Waals surface area (Å²) in [7, 11) is 0. The fourth-order valence-corrected chi connectivity index (χ4v) is 2.19.